The number of methoxy groups -OCH3 is 1. The van der Waals surface area contributed by atoms with Crippen molar-refractivity contribution >= 4 is 17.4 Å². The molecule has 106 valence electrons. The summed E-state index contributed by atoms with van der Waals surface area (Å²) in [5, 5.41) is 0. The van der Waals surface area contributed by atoms with Gasteiger partial charge in [-0.05, 0) is 36.2 Å². The first-order valence-electron chi connectivity index (χ1n) is 6.70. The lowest BCUT2D eigenvalue weighted by molar-refractivity contribution is -0.114. The predicted octanol–water partition coefficient (Wildman–Crippen LogP) is 2.73. The van der Waals surface area contributed by atoms with Gasteiger partial charge in [0.05, 0.1) is 24.9 Å². The average molecular weight is 281 g/mol. The third kappa shape index (κ3) is 2.18. The van der Waals surface area contributed by atoms with Crippen LogP contribution in [0.2, 0.25) is 0 Å². The maximum atomic E-state index is 12.2. The molecule has 0 saturated heterocycles. The van der Waals surface area contributed by atoms with E-state index in [0.717, 1.165) is 11.1 Å². The van der Waals surface area contributed by atoms with Crippen molar-refractivity contribution in [2.45, 2.75) is 13.5 Å². The molecule has 0 aromatic heterocycles. The molecule has 0 atom stereocenters. The number of amides is 1. The normalized spacial score (nSPS) is 13.5. The van der Waals surface area contributed by atoms with Crippen LogP contribution in [-0.2, 0) is 11.3 Å². The zero-order valence-electron chi connectivity index (χ0n) is 11.9. The van der Waals surface area contributed by atoms with Gasteiger partial charge in [0.25, 0.3) is 11.7 Å². The molecule has 4 nitrogen and oxygen atoms in total. The minimum atomic E-state index is -0.485. The molecule has 0 saturated carbocycles. The van der Waals surface area contributed by atoms with E-state index in [4.69, 9.17) is 4.74 Å². The summed E-state index contributed by atoms with van der Waals surface area (Å²) in [5.74, 6) is -0.383. The lowest BCUT2D eigenvalue weighted by Crippen LogP contribution is -2.29. The van der Waals surface area contributed by atoms with Gasteiger partial charge < -0.3 is 9.64 Å². The van der Waals surface area contributed by atoms with Gasteiger partial charge in [0, 0.05) is 0 Å². The minimum absolute atomic E-state index is 0.399. The second kappa shape index (κ2) is 5.05. The molecule has 0 N–H and O–H groups in total. The van der Waals surface area contributed by atoms with Gasteiger partial charge in [0.2, 0.25) is 0 Å². The molecule has 0 radical (unpaired) electrons. The first-order chi connectivity index (χ1) is 10.1. The number of ketones is 1. The molecule has 1 amide bonds. The number of Topliss-reactive ketones (excluding diaryl/α,β-unsaturated/α-hetero) is 1. The van der Waals surface area contributed by atoms with Gasteiger partial charge in [-0.1, -0.05) is 24.3 Å². The summed E-state index contributed by atoms with van der Waals surface area (Å²) < 4.78 is 5.11. The number of anilines is 1. The van der Waals surface area contributed by atoms with Crippen molar-refractivity contribution in [3.63, 3.8) is 0 Å². The average Bonchev–Trinajstić information content (AvgIpc) is 2.74. The topological polar surface area (TPSA) is 46.6 Å². The number of carbonyl (C=O) groups excluding carboxylic acids is 2. The highest BCUT2D eigenvalue weighted by Gasteiger charge is 2.36. The molecule has 21 heavy (non-hydrogen) atoms. The van der Waals surface area contributed by atoms with E-state index < -0.39 is 11.7 Å². The number of nitrogens with zero attached hydrogens (tertiary/aromatic N) is 1. The second-order valence-corrected chi connectivity index (χ2v) is 5.03. The van der Waals surface area contributed by atoms with E-state index in [1.165, 1.54) is 12.0 Å². The molecule has 4 heteroatoms. The van der Waals surface area contributed by atoms with Crippen LogP contribution in [0, 0.1) is 6.92 Å². The molecular weight excluding hydrogens is 266 g/mol. The number of aryl methyl sites for hydroxylation is 1. The van der Waals surface area contributed by atoms with Gasteiger partial charge in [0.15, 0.2) is 0 Å². The summed E-state index contributed by atoms with van der Waals surface area (Å²) in [6.07, 6.45) is 0. The fourth-order valence-electron chi connectivity index (χ4n) is 2.52. The van der Waals surface area contributed by atoms with E-state index in [-0.39, 0.29) is 0 Å². The Balaban J connectivity index is 2.00. The Labute approximate surface area is 123 Å². The van der Waals surface area contributed by atoms with Gasteiger partial charge in [-0.25, -0.2) is 0 Å². The van der Waals surface area contributed by atoms with E-state index in [1.807, 2.05) is 31.2 Å². The number of rotatable bonds is 3. The Morgan fingerprint density at radius 2 is 1.86 bits per heavy atom. The van der Waals surface area contributed by atoms with E-state index >= 15 is 0 Å². The third-order valence-corrected chi connectivity index (χ3v) is 3.77. The van der Waals surface area contributed by atoms with E-state index in [9.17, 15) is 9.59 Å². The van der Waals surface area contributed by atoms with Crippen LogP contribution in [-0.4, -0.2) is 18.8 Å². The van der Waals surface area contributed by atoms with Gasteiger partial charge in [-0.2, -0.15) is 0 Å². The van der Waals surface area contributed by atoms with Crippen LogP contribution in [0.1, 0.15) is 21.5 Å². The molecule has 1 aliphatic rings. The third-order valence-electron chi connectivity index (χ3n) is 3.77. The first kappa shape index (κ1) is 13.4. The number of benzene rings is 2. The maximum absolute atomic E-state index is 12.2. The second-order valence-electron chi connectivity index (χ2n) is 5.03. The Bertz CT molecular complexity index is 737. The number of hydrogen-bond donors (Lipinski definition) is 0. The maximum Gasteiger partial charge on any atom is 0.299 e. The lowest BCUT2D eigenvalue weighted by atomic mass is 10.1. The summed E-state index contributed by atoms with van der Waals surface area (Å²) >= 11 is 0. The standard InChI is InChI=1S/C17H15NO3/c1-11-5-3-4-6-12(11)10-18-15-8-7-13(21-2)9-14(15)16(19)17(18)20/h3-9H,10H2,1-2H3. The Hall–Kier alpha value is -2.62. The van der Waals surface area contributed by atoms with E-state index in [1.54, 1.807) is 18.2 Å². The molecule has 0 bridgehead atoms. The van der Waals surface area contributed by atoms with Crippen LogP contribution < -0.4 is 9.64 Å². The van der Waals surface area contributed by atoms with Crippen LogP contribution in [0.4, 0.5) is 5.69 Å². The summed E-state index contributed by atoms with van der Waals surface area (Å²) in [6.45, 7) is 2.39. The van der Waals surface area contributed by atoms with E-state index in [0.29, 0.717) is 23.5 Å². The summed E-state index contributed by atoms with van der Waals surface area (Å²) in [7, 11) is 1.54. The molecule has 3 rings (SSSR count). The van der Waals surface area contributed by atoms with Crippen LogP contribution in [0.15, 0.2) is 42.5 Å². The fourth-order valence-corrected chi connectivity index (χ4v) is 2.52. The quantitative estimate of drug-likeness (QED) is 0.813. The van der Waals surface area contributed by atoms with Gasteiger partial charge in [-0.3, -0.25) is 9.59 Å². The van der Waals surface area contributed by atoms with Crippen LogP contribution in [0.25, 0.3) is 0 Å². The SMILES string of the molecule is COc1ccc2c(c1)C(=O)C(=O)N2Cc1ccccc1C. The van der Waals surface area contributed by atoms with Crippen molar-refractivity contribution in [2.24, 2.45) is 0 Å². The molecule has 0 unspecified atom stereocenters. The Morgan fingerprint density at radius 1 is 1.10 bits per heavy atom. The molecule has 2 aromatic rings. The summed E-state index contributed by atoms with van der Waals surface area (Å²) in [4.78, 5) is 25.8. The highest BCUT2D eigenvalue weighted by Crippen LogP contribution is 2.33. The smallest absolute Gasteiger partial charge is 0.299 e. The van der Waals surface area contributed by atoms with Crippen molar-refractivity contribution in [2.75, 3.05) is 12.0 Å². The fraction of sp³-hybridized carbons (Fsp3) is 0.176. The summed E-state index contributed by atoms with van der Waals surface area (Å²) in [5.41, 5.74) is 3.18. The van der Waals surface area contributed by atoms with E-state index in [2.05, 4.69) is 0 Å². The monoisotopic (exact) mass is 281 g/mol. The van der Waals surface area contributed by atoms with Gasteiger partial charge in [-0.15, -0.1) is 0 Å². The van der Waals surface area contributed by atoms with Crippen molar-refractivity contribution < 1.29 is 14.3 Å². The molecule has 2 aromatic carbocycles. The van der Waals surface area contributed by atoms with Crippen LogP contribution in [0.3, 0.4) is 0 Å². The molecular formula is C17H15NO3. The molecule has 0 fully saturated rings. The first-order valence-corrected chi connectivity index (χ1v) is 6.70. The zero-order chi connectivity index (χ0) is 15.0. The highest BCUT2D eigenvalue weighted by atomic mass is 16.5. The van der Waals surface area contributed by atoms with Crippen molar-refractivity contribution in [3.05, 3.63) is 59.2 Å². The molecule has 1 heterocycles. The summed E-state index contributed by atoms with van der Waals surface area (Å²) in [6, 6.07) is 13.0. The minimum Gasteiger partial charge on any atom is -0.497 e. The molecule has 1 aliphatic heterocycles. The van der Waals surface area contributed by atoms with Crippen molar-refractivity contribution in [1.29, 1.82) is 0 Å². The predicted molar refractivity (Wildman–Crippen MR) is 79.7 cm³/mol. The Kier molecular flexibility index (Phi) is 3.22. The number of fused-ring (bicyclic) bond motifs is 1. The molecule has 0 aliphatic carbocycles. The lowest BCUT2D eigenvalue weighted by Gasteiger charge is -2.18. The number of ether oxygens (including phenoxy) is 1. The zero-order valence-corrected chi connectivity index (χ0v) is 11.9. The van der Waals surface area contributed by atoms with Crippen LogP contribution >= 0.6 is 0 Å². The Morgan fingerprint density at radius 3 is 2.57 bits per heavy atom. The van der Waals surface area contributed by atoms with Gasteiger partial charge >= 0.3 is 0 Å². The number of carbonyl (C=O) groups is 2. The molecule has 0 spiro atoms. The highest BCUT2D eigenvalue weighted by molar-refractivity contribution is 6.52. The number of hydrogen-bond acceptors (Lipinski definition) is 3. The largest absolute Gasteiger partial charge is 0.497 e. The van der Waals surface area contributed by atoms with Crippen molar-refractivity contribution in [1.82, 2.24) is 0 Å². The van der Waals surface area contributed by atoms with Gasteiger partial charge in [0.1, 0.15) is 5.75 Å². The van der Waals surface area contributed by atoms with Crippen molar-refractivity contribution in [3.8, 4) is 5.75 Å². The van der Waals surface area contributed by atoms with Crippen LogP contribution in [0.5, 0.6) is 5.75 Å².